The molecule has 1 aliphatic heterocycles. The van der Waals surface area contributed by atoms with Crippen molar-refractivity contribution in [2.24, 2.45) is 0 Å². The molecule has 0 aliphatic carbocycles. The molecule has 0 radical (unpaired) electrons. The van der Waals surface area contributed by atoms with E-state index in [4.69, 9.17) is 23.7 Å². The van der Waals surface area contributed by atoms with Crippen LogP contribution in [0.25, 0.3) is 0 Å². The summed E-state index contributed by atoms with van der Waals surface area (Å²) >= 11 is 0. The Morgan fingerprint density at radius 3 is 1.94 bits per heavy atom. The van der Waals surface area contributed by atoms with Crippen molar-refractivity contribution < 1.29 is 33.9 Å². The molecule has 1 saturated heterocycles. The third kappa shape index (κ3) is 6.34. The van der Waals surface area contributed by atoms with Gasteiger partial charge in [-0.05, 0) is 35.4 Å². The van der Waals surface area contributed by atoms with E-state index in [9.17, 15) is 10.2 Å². The number of aliphatic hydroxyl groups excluding tert-OH is 2. The van der Waals surface area contributed by atoms with Crippen molar-refractivity contribution in [3.8, 4) is 11.5 Å². The molecule has 5 atom stereocenters. The maximum absolute atomic E-state index is 10.9. The zero-order chi connectivity index (χ0) is 23.8. The van der Waals surface area contributed by atoms with E-state index in [2.05, 4.69) is 0 Å². The van der Waals surface area contributed by atoms with E-state index >= 15 is 0 Å². The number of rotatable bonds is 10. The summed E-state index contributed by atoms with van der Waals surface area (Å²) in [6, 6.07) is 26.3. The predicted octanol–water partition coefficient (Wildman–Crippen LogP) is 3.32. The van der Waals surface area contributed by atoms with Gasteiger partial charge in [-0.25, -0.2) is 0 Å². The molecule has 0 bridgehead atoms. The van der Waals surface area contributed by atoms with Crippen LogP contribution in [0.1, 0.15) is 11.1 Å². The van der Waals surface area contributed by atoms with Crippen molar-refractivity contribution >= 4 is 0 Å². The molecule has 1 heterocycles. The normalized spacial score (nSPS) is 24.5. The van der Waals surface area contributed by atoms with Crippen LogP contribution in [0.15, 0.2) is 84.9 Å². The Hall–Kier alpha value is -2.94. The maximum atomic E-state index is 10.9. The summed E-state index contributed by atoms with van der Waals surface area (Å²) in [5, 5.41) is 21.7. The maximum Gasteiger partial charge on any atom is 0.229 e. The summed E-state index contributed by atoms with van der Waals surface area (Å²) in [7, 11) is 1.59. The minimum atomic E-state index is -1.23. The Balaban J connectivity index is 1.45. The minimum Gasteiger partial charge on any atom is -0.497 e. The molecule has 1 unspecified atom stereocenters. The molecule has 0 aromatic heterocycles. The van der Waals surface area contributed by atoms with Crippen LogP contribution in [-0.4, -0.2) is 54.6 Å². The van der Waals surface area contributed by atoms with Crippen LogP contribution < -0.4 is 9.47 Å². The molecule has 34 heavy (non-hydrogen) atoms. The van der Waals surface area contributed by atoms with Gasteiger partial charge in [0, 0.05) is 0 Å². The molecule has 0 saturated carbocycles. The Labute approximate surface area is 199 Å². The Morgan fingerprint density at radius 2 is 1.32 bits per heavy atom. The number of aliphatic hydroxyl groups is 2. The number of hydrogen-bond acceptors (Lipinski definition) is 7. The Bertz CT molecular complexity index is 979. The van der Waals surface area contributed by atoms with E-state index in [0.717, 1.165) is 11.1 Å². The van der Waals surface area contributed by atoms with Gasteiger partial charge in [-0.2, -0.15) is 0 Å². The first-order valence-corrected chi connectivity index (χ1v) is 11.2. The van der Waals surface area contributed by atoms with E-state index in [1.54, 1.807) is 31.4 Å². The molecular weight excluding hydrogens is 436 g/mol. The van der Waals surface area contributed by atoms with Crippen LogP contribution in [-0.2, 0) is 27.4 Å². The fraction of sp³-hybridized carbons (Fsp3) is 0.333. The summed E-state index contributed by atoms with van der Waals surface area (Å²) in [5.41, 5.74) is 1.93. The number of methoxy groups -OCH3 is 1. The first kappa shape index (κ1) is 24.2. The van der Waals surface area contributed by atoms with Gasteiger partial charge in [-0.1, -0.05) is 60.7 Å². The van der Waals surface area contributed by atoms with Gasteiger partial charge in [0.1, 0.15) is 35.9 Å². The topological polar surface area (TPSA) is 86.6 Å². The highest BCUT2D eigenvalue weighted by molar-refractivity contribution is 5.31. The van der Waals surface area contributed by atoms with E-state index < -0.39 is 30.7 Å². The standard InChI is InChI=1S/C27H30O7/c1-30-21-12-14-22(15-13-21)33-27-26(32-17-20-10-6-3-7-11-20)25(29)24(28)23(34-27)18-31-16-19-8-4-2-5-9-19/h2-15,23-29H,16-18H2,1H3/t23-,24-,25+,26-,27?/m1/s1. The highest BCUT2D eigenvalue weighted by Gasteiger charge is 2.46. The van der Waals surface area contributed by atoms with Gasteiger partial charge < -0.3 is 33.9 Å². The average Bonchev–Trinajstić information content (AvgIpc) is 2.88. The van der Waals surface area contributed by atoms with Gasteiger partial charge in [0.2, 0.25) is 6.29 Å². The van der Waals surface area contributed by atoms with Crippen LogP contribution in [0, 0.1) is 0 Å². The molecule has 3 aromatic rings. The second-order valence-electron chi connectivity index (χ2n) is 8.08. The van der Waals surface area contributed by atoms with Gasteiger partial charge in [0.15, 0.2) is 0 Å². The smallest absolute Gasteiger partial charge is 0.229 e. The van der Waals surface area contributed by atoms with Gasteiger partial charge in [0.05, 0.1) is 26.9 Å². The van der Waals surface area contributed by atoms with Crippen molar-refractivity contribution in [3.05, 3.63) is 96.1 Å². The molecule has 4 rings (SSSR count). The molecule has 0 spiro atoms. The Kier molecular flexibility index (Phi) is 8.51. The number of hydrogen-bond donors (Lipinski definition) is 2. The fourth-order valence-electron chi connectivity index (χ4n) is 3.74. The molecule has 2 N–H and O–H groups in total. The first-order valence-electron chi connectivity index (χ1n) is 11.2. The SMILES string of the molecule is COc1ccc(OC2O[C@H](COCc3ccccc3)[C@@H](O)[C@H](O)[C@H]2OCc2ccccc2)cc1. The monoisotopic (exact) mass is 466 g/mol. The molecule has 180 valence electrons. The summed E-state index contributed by atoms with van der Waals surface area (Å²) in [4.78, 5) is 0. The quantitative estimate of drug-likeness (QED) is 0.474. The summed E-state index contributed by atoms with van der Waals surface area (Å²) < 4.78 is 29.0. The molecule has 7 nitrogen and oxygen atoms in total. The van der Waals surface area contributed by atoms with Crippen molar-refractivity contribution in [1.29, 1.82) is 0 Å². The molecule has 7 heteroatoms. The minimum absolute atomic E-state index is 0.0843. The third-order valence-electron chi connectivity index (χ3n) is 5.64. The predicted molar refractivity (Wildman–Crippen MR) is 125 cm³/mol. The van der Waals surface area contributed by atoms with Crippen LogP contribution in [0.5, 0.6) is 11.5 Å². The number of ether oxygens (including phenoxy) is 5. The second kappa shape index (κ2) is 12.0. The van der Waals surface area contributed by atoms with Crippen LogP contribution in [0.3, 0.4) is 0 Å². The lowest BCUT2D eigenvalue weighted by Gasteiger charge is -2.42. The number of benzene rings is 3. The van der Waals surface area contributed by atoms with E-state index in [1.807, 2.05) is 60.7 Å². The zero-order valence-corrected chi connectivity index (χ0v) is 19.0. The van der Waals surface area contributed by atoms with E-state index in [1.165, 1.54) is 0 Å². The fourth-order valence-corrected chi connectivity index (χ4v) is 3.74. The molecule has 1 fully saturated rings. The van der Waals surface area contributed by atoms with Gasteiger partial charge in [-0.15, -0.1) is 0 Å². The molecule has 1 aliphatic rings. The summed E-state index contributed by atoms with van der Waals surface area (Å²) in [6.07, 6.45) is -5.10. The lowest BCUT2D eigenvalue weighted by molar-refractivity contribution is -0.292. The van der Waals surface area contributed by atoms with Crippen LogP contribution >= 0.6 is 0 Å². The lowest BCUT2D eigenvalue weighted by Crippen LogP contribution is -2.61. The third-order valence-corrected chi connectivity index (χ3v) is 5.64. The average molecular weight is 467 g/mol. The molecular formula is C27H30O7. The van der Waals surface area contributed by atoms with Crippen molar-refractivity contribution in [2.75, 3.05) is 13.7 Å². The first-order chi connectivity index (χ1) is 16.6. The largest absolute Gasteiger partial charge is 0.497 e. The highest BCUT2D eigenvalue weighted by atomic mass is 16.7. The molecule has 3 aromatic carbocycles. The van der Waals surface area contributed by atoms with Gasteiger partial charge >= 0.3 is 0 Å². The zero-order valence-electron chi connectivity index (χ0n) is 19.0. The van der Waals surface area contributed by atoms with Crippen molar-refractivity contribution in [2.45, 2.75) is 43.9 Å². The summed E-state index contributed by atoms with van der Waals surface area (Å²) in [6.45, 7) is 0.679. The van der Waals surface area contributed by atoms with E-state index in [0.29, 0.717) is 18.1 Å². The van der Waals surface area contributed by atoms with Crippen molar-refractivity contribution in [1.82, 2.24) is 0 Å². The van der Waals surface area contributed by atoms with Gasteiger partial charge in [0.25, 0.3) is 0 Å². The highest BCUT2D eigenvalue weighted by Crippen LogP contribution is 2.28. The van der Waals surface area contributed by atoms with Crippen molar-refractivity contribution in [3.63, 3.8) is 0 Å². The lowest BCUT2D eigenvalue weighted by atomic mass is 9.99. The Morgan fingerprint density at radius 1 is 0.735 bits per heavy atom. The van der Waals surface area contributed by atoms with Crippen LogP contribution in [0.4, 0.5) is 0 Å². The van der Waals surface area contributed by atoms with Crippen LogP contribution in [0.2, 0.25) is 0 Å². The van der Waals surface area contributed by atoms with E-state index in [-0.39, 0.29) is 13.2 Å². The second-order valence-corrected chi connectivity index (χ2v) is 8.08. The molecule has 0 amide bonds. The summed E-state index contributed by atoms with van der Waals surface area (Å²) in [5.74, 6) is 1.21. The van der Waals surface area contributed by atoms with Gasteiger partial charge in [-0.3, -0.25) is 0 Å².